The van der Waals surface area contributed by atoms with Gasteiger partial charge < -0.3 is 4.57 Å². The van der Waals surface area contributed by atoms with E-state index >= 15 is 0 Å². The summed E-state index contributed by atoms with van der Waals surface area (Å²) < 4.78 is 24.1. The lowest BCUT2D eigenvalue weighted by atomic mass is 10.3. The maximum absolute atomic E-state index is 11.1. The van der Waals surface area contributed by atoms with Crippen LogP contribution in [-0.4, -0.2) is 18.0 Å². The van der Waals surface area contributed by atoms with Crippen molar-refractivity contribution in [2.24, 2.45) is 5.14 Å². The Morgan fingerprint density at radius 2 is 2.07 bits per heavy atom. The van der Waals surface area contributed by atoms with E-state index in [1.165, 1.54) is 6.20 Å². The van der Waals surface area contributed by atoms with Crippen molar-refractivity contribution in [3.8, 4) is 0 Å². The highest BCUT2D eigenvalue weighted by atomic mass is 32.2. The molecule has 0 saturated heterocycles. The standard InChI is InChI=1S/C9H17N3O2S/c1-3-5-8-11-9(15(10,13)14)7-12(8)6-4-2/h7H,3-6H2,1-2H3,(H2,10,13,14). The van der Waals surface area contributed by atoms with E-state index in [1.54, 1.807) is 0 Å². The Hall–Kier alpha value is -0.880. The van der Waals surface area contributed by atoms with Crippen LogP contribution in [0.5, 0.6) is 0 Å². The molecular weight excluding hydrogens is 214 g/mol. The molecule has 0 aromatic carbocycles. The van der Waals surface area contributed by atoms with E-state index in [1.807, 2.05) is 18.4 Å². The normalized spacial score (nSPS) is 11.9. The molecule has 0 aliphatic carbocycles. The number of hydrogen-bond acceptors (Lipinski definition) is 3. The van der Waals surface area contributed by atoms with Crippen LogP contribution in [-0.2, 0) is 23.0 Å². The third-order valence-corrected chi connectivity index (χ3v) is 2.85. The number of imidazole rings is 1. The molecule has 15 heavy (non-hydrogen) atoms. The van der Waals surface area contributed by atoms with Crippen LogP contribution < -0.4 is 5.14 Å². The number of aryl methyl sites for hydroxylation is 2. The van der Waals surface area contributed by atoms with Gasteiger partial charge in [0.1, 0.15) is 5.82 Å². The van der Waals surface area contributed by atoms with Gasteiger partial charge >= 0.3 is 0 Å². The molecule has 0 unspecified atom stereocenters. The van der Waals surface area contributed by atoms with Crippen molar-refractivity contribution in [1.29, 1.82) is 0 Å². The van der Waals surface area contributed by atoms with Gasteiger partial charge in [-0.05, 0) is 12.8 Å². The van der Waals surface area contributed by atoms with Crippen LogP contribution in [0.2, 0.25) is 0 Å². The van der Waals surface area contributed by atoms with Gasteiger partial charge in [0.25, 0.3) is 10.0 Å². The summed E-state index contributed by atoms with van der Waals surface area (Å²) in [5, 5.41) is 5.00. The number of sulfonamides is 1. The third kappa shape index (κ3) is 3.04. The molecule has 0 saturated carbocycles. The second kappa shape index (κ2) is 4.76. The summed E-state index contributed by atoms with van der Waals surface area (Å²) in [6.45, 7) is 4.84. The van der Waals surface area contributed by atoms with Gasteiger partial charge in [-0.1, -0.05) is 13.8 Å². The zero-order chi connectivity index (χ0) is 11.5. The molecule has 5 nitrogen and oxygen atoms in total. The molecule has 6 heteroatoms. The summed E-state index contributed by atoms with van der Waals surface area (Å²) in [4.78, 5) is 4.04. The topological polar surface area (TPSA) is 78.0 Å². The first-order valence-corrected chi connectivity index (χ1v) is 6.62. The minimum Gasteiger partial charge on any atom is -0.333 e. The average Bonchev–Trinajstić information content (AvgIpc) is 2.50. The van der Waals surface area contributed by atoms with Crippen molar-refractivity contribution in [1.82, 2.24) is 9.55 Å². The molecule has 0 radical (unpaired) electrons. The maximum atomic E-state index is 11.1. The summed E-state index contributed by atoms with van der Waals surface area (Å²) >= 11 is 0. The molecule has 1 aromatic rings. The van der Waals surface area contributed by atoms with Gasteiger partial charge in [0.05, 0.1) is 0 Å². The van der Waals surface area contributed by atoms with Crippen LogP contribution in [0.1, 0.15) is 32.5 Å². The van der Waals surface area contributed by atoms with Crippen LogP contribution in [0.25, 0.3) is 0 Å². The molecule has 2 N–H and O–H groups in total. The van der Waals surface area contributed by atoms with Crippen molar-refractivity contribution < 1.29 is 8.42 Å². The fourth-order valence-corrected chi connectivity index (χ4v) is 1.93. The van der Waals surface area contributed by atoms with Gasteiger partial charge in [0.15, 0.2) is 5.03 Å². The molecule has 0 bridgehead atoms. The second-order valence-corrected chi connectivity index (χ2v) is 4.99. The molecule has 0 aliphatic rings. The monoisotopic (exact) mass is 231 g/mol. The van der Waals surface area contributed by atoms with Crippen LogP contribution in [0.3, 0.4) is 0 Å². The Labute approximate surface area is 90.4 Å². The van der Waals surface area contributed by atoms with Crippen molar-refractivity contribution >= 4 is 10.0 Å². The molecule has 0 fully saturated rings. The Morgan fingerprint density at radius 1 is 1.40 bits per heavy atom. The number of nitrogens with two attached hydrogens (primary N) is 1. The Balaban J connectivity index is 3.09. The molecular formula is C9H17N3O2S. The van der Waals surface area contributed by atoms with Gasteiger partial charge in [-0.3, -0.25) is 0 Å². The van der Waals surface area contributed by atoms with Crippen molar-refractivity contribution in [2.45, 2.75) is 44.7 Å². The lowest BCUT2D eigenvalue weighted by Gasteiger charge is -2.03. The number of primary sulfonamides is 1. The summed E-state index contributed by atoms with van der Waals surface area (Å²) in [7, 11) is -3.67. The van der Waals surface area contributed by atoms with E-state index < -0.39 is 10.0 Å². The van der Waals surface area contributed by atoms with Crippen LogP contribution in [0.15, 0.2) is 11.2 Å². The predicted molar refractivity (Wildman–Crippen MR) is 57.9 cm³/mol. The minimum atomic E-state index is -3.67. The molecule has 1 aromatic heterocycles. The second-order valence-electron chi connectivity index (χ2n) is 3.48. The largest absolute Gasteiger partial charge is 0.333 e. The fraction of sp³-hybridized carbons (Fsp3) is 0.667. The van der Waals surface area contributed by atoms with E-state index in [2.05, 4.69) is 4.98 Å². The van der Waals surface area contributed by atoms with Gasteiger partial charge in [-0.15, -0.1) is 0 Å². The van der Waals surface area contributed by atoms with Crippen LogP contribution in [0.4, 0.5) is 0 Å². The van der Waals surface area contributed by atoms with E-state index in [4.69, 9.17) is 5.14 Å². The first-order valence-electron chi connectivity index (χ1n) is 5.07. The Bertz CT molecular complexity index is 399. The van der Waals surface area contributed by atoms with Crippen molar-refractivity contribution in [3.05, 3.63) is 12.0 Å². The lowest BCUT2D eigenvalue weighted by Crippen LogP contribution is -2.12. The smallest absolute Gasteiger partial charge is 0.257 e. The SMILES string of the molecule is CCCc1nc(S(N)(=O)=O)cn1CCC. The van der Waals surface area contributed by atoms with Gasteiger partial charge in [-0.2, -0.15) is 0 Å². The number of nitrogens with zero attached hydrogens (tertiary/aromatic N) is 2. The number of rotatable bonds is 5. The highest BCUT2D eigenvalue weighted by Crippen LogP contribution is 2.10. The van der Waals surface area contributed by atoms with Gasteiger partial charge in [0, 0.05) is 19.2 Å². The molecule has 0 amide bonds. The lowest BCUT2D eigenvalue weighted by molar-refractivity contribution is 0.594. The van der Waals surface area contributed by atoms with Crippen molar-refractivity contribution in [3.63, 3.8) is 0 Å². The average molecular weight is 231 g/mol. The summed E-state index contributed by atoms with van der Waals surface area (Å²) in [5.74, 6) is 0.795. The Morgan fingerprint density at radius 3 is 2.53 bits per heavy atom. The minimum absolute atomic E-state index is 0.0283. The van der Waals surface area contributed by atoms with E-state index in [0.29, 0.717) is 0 Å². The van der Waals surface area contributed by atoms with Crippen molar-refractivity contribution in [2.75, 3.05) is 0 Å². The van der Waals surface area contributed by atoms with E-state index in [9.17, 15) is 8.42 Å². The molecule has 1 rings (SSSR count). The predicted octanol–water partition coefficient (Wildman–Crippen LogP) is 0.893. The van der Waals surface area contributed by atoms with Crippen LogP contribution >= 0.6 is 0 Å². The Kier molecular flexibility index (Phi) is 3.87. The quantitative estimate of drug-likeness (QED) is 0.817. The zero-order valence-electron chi connectivity index (χ0n) is 9.10. The van der Waals surface area contributed by atoms with Gasteiger partial charge in [-0.25, -0.2) is 18.5 Å². The maximum Gasteiger partial charge on any atom is 0.257 e. The molecule has 86 valence electrons. The first-order chi connectivity index (χ1) is 6.99. The molecule has 0 aliphatic heterocycles. The first kappa shape index (κ1) is 12.2. The third-order valence-electron chi connectivity index (χ3n) is 2.07. The highest BCUT2D eigenvalue weighted by molar-refractivity contribution is 7.89. The number of aromatic nitrogens is 2. The van der Waals surface area contributed by atoms with E-state index in [-0.39, 0.29) is 5.03 Å². The molecule has 1 heterocycles. The van der Waals surface area contributed by atoms with E-state index in [0.717, 1.165) is 31.6 Å². The summed E-state index contributed by atoms with van der Waals surface area (Å²) in [6.07, 6.45) is 4.17. The summed E-state index contributed by atoms with van der Waals surface area (Å²) in [5.41, 5.74) is 0. The summed E-state index contributed by atoms with van der Waals surface area (Å²) in [6, 6.07) is 0. The fourth-order valence-electron chi connectivity index (χ4n) is 1.42. The van der Waals surface area contributed by atoms with Crippen LogP contribution in [0, 0.1) is 0 Å². The molecule has 0 atom stereocenters. The number of hydrogen-bond donors (Lipinski definition) is 1. The highest BCUT2D eigenvalue weighted by Gasteiger charge is 2.15. The molecule has 0 spiro atoms. The van der Waals surface area contributed by atoms with Gasteiger partial charge in [0.2, 0.25) is 0 Å². The zero-order valence-corrected chi connectivity index (χ0v) is 9.92.